The predicted octanol–water partition coefficient (Wildman–Crippen LogP) is 2.79. The van der Waals surface area contributed by atoms with E-state index in [1.54, 1.807) is 0 Å². The van der Waals surface area contributed by atoms with Crippen molar-refractivity contribution in [2.24, 2.45) is 5.92 Å². The summed E-state index contributed by atoms with van der Waals surface area (Å²) in [7, 11) is 0. The molecule has 1 aromatic carbocycles. The lowest BCUT2D eigenvalue weighted by atomic mass is 9.95. The third kappa shape index (κ3) is 5.15. The molecule has 3 nitrogen and oxygen atoms in total. The van der Waals surface area contributed by atoms with E-state index < -0.39 is 5.97 Å². The molecule has 1 aromatic rings. The zero-order valence-corrected chi connectivity index (χ0v) is 11.5. The van der Waals surface area contributed by atoms with Crippen LogP contribution in [0.15, 0.2) is 30.3 Å². The highest BCUT2D eigenvalue weighted by atomic mass is 16.4. The van der Waals surface area contributed by atoms with Crippen LogP contribution in [0.5, 0.6) is 0 Å². The Kier molecular flexibility index (Phi) is 6.11. The molecule has 1 unspecified atom stereocenters. The van der Waals surface area contributed by atoms with Crippen molar-refractivity contribution >= 4 is 5.97 Å². The Labute approximate surface area is 115 Å². The first-order valence-electron chi connectivity index (χ1n) is 6.48. The van der Waals surface area contributed by atoms with Gasteiger partial charge in [-0.25, -0.2) is 0 Å². The minimum Gasteiger partial charge on any atom is -0.480 e. The number of carboxylic acid groups (broad SMARTS) is 1. The second kappa shape index (κ2) is 7.60. The van der Waals surface area contributed by atoms with Gasteiger partial charge in [-0.1, -0.05) is 50.1 Å². The molecule has 0 saturated carbocycles. The largest absolute Gasteiger partial charge is 0.480 e. The first kappa shape index (κ1) is 15.3. The number of carbonyl (C=O) groups is 1. The summed E-state index contributed by atoms with van der Waals surface area (Å²) in [5.41, 5.74) is 1.12. The third-order valence-electron chi connectivity index (χ3n) is 2.95. The Morgan fingerprint density at radius 2 is 2.00 bits per heavy atom. The van der Waals surface area contributed by atoms with E-state index in [0.29, 0.717) is 12.5 Å². The molecule has 0 saturated heterocycles. The van der Waals surface area contributed by atoms with Gasteiger partial charge in [0.1, 0.15) is 0 Å². The van der Waals surface area contributed by atoms with Gasteiger partial charge < -0.3 is 5.11 Å². The summed E-state index contributed by atoms with van der Waals surface area (Å²) in [4.78, 5) is 12.8. The number of hydrogen-bond acceptors (Lipinski definition) is 2. The van der Waals surface area contributed by atoms with Crippen molar-refractivity contribution in [3.05, 3.63) is 35.9 Å². The third-order valence-corrected chi connectivity index (χ3v) is 2.95. The average molecular weight is 259 g/mol. The maximum Gasteiger partial charge on any atom is 0.317 e. The normalized spacial score (nSPS) is 12.4. The summed E-state index contributed by atoms with van der Waals surface area (Å²) in [6.07, 6.45) is 6.26. The molecule has 19 heavy (non-hydrogen) atoms. The van der Waals surface area contributed by atoms with Gasteiger partial charge in [-0.2, -0.15) is 0 Å². The van der Waals surface area contributed by atoms with E-state index in [1.807, 2.05) is 35.2 Å². The van der Waals surface area contributed by atoms with E-state index in [0.717, 1.165) is 12.0 Å². The lowest BCUT2D eigenvalue weighted by Crippen LogP contribution is -2.34. The number of carboxylic acids is 1. The van der Waals surface area contributed by atoms with E-state index in [2.05, 4.69) is 19.8 Å². The average Bonchev–Trinajstić information content (AvgIpc) is 2.36. The smallest absolute Gasteiger partial charge is 0.317 e. The van der Waals surface area contributed by atoms with Gasteiger partial charge in [-0.3, -0.25) is 9.69 Å². The maximum absolute atomic E-state index is 11.0. The van der Waals surface area contributed by atoms with E-state index in [4.69, 9.17) is 11.5 Å². The standard InChI is InChI=1S/C16H21NO2/c1-4-10-17(12-16(18)19)15(11-13(2)3)14-8-6-5-7-9-14/h1,5-9,13,15H,10-12H2,2-3H3,(H,18,19). The number of aliphatic carboxylic acids is 1. The lowest BCUT2D eigenvalue weighted by Gasteiger charge is -2.30. The van der Waals surface area contributed by atoms with Gasteiger partial charge in [0.25, 0.3) is 0 Å². The second-order valence-electron chi connectivity index (χ2n) is 5.06. The Morgan fingerprint density at radius 1 is 1.37 bits per heavy atom. The van der Waals surface area contributed by atoms with Crippen molar-refractivity contribution in [2.75, 3.05) is 13.1 Å². The minimum absolute atomic E-state index is 0.0313. The van der Waals surface area contributed by atoms with Crippen LogP contribution < -0.4 is 0 Å². The zero-order valence-electron chi connectivity index (χ0n) is 11.5. The summed E-state index contributed by atoms with van der Waals surface area (Å²) in [5, 5.41) is 9.03. The molecule has 0 aliphatic carbocycles. The molecule has 0 aliphatic heterocycles. The molecule has 3 heteroatoms. The lowest BCUT2D eigenvalue weighted by molar-refractivity contribution is -0.138. The molecule has 0 aliphatic rings. The van der Waals surface area contributed by atoms with Gasteiger partial charge in [0.05, 0.1) is 13.1 Å². The molecule has 0 spiro atoms. The van der Waals surface area contributed by atoms with Crippen LogP contribution in [0.3, 0.4) is 0 Å². The van der Waals surface area contributed by atoms with Gasteiger partial charge in [-0.05, 0) is 17.9 Å². The quantitative estimate of drug-likeness (QED) is 0.765. The van der Waals surface area contributed by atoms with Crippen LogP contribution >= 0.6 is 0 Å². The molecular weight excluding hydrogens is 238 g/mol. The summed E-state index contributed by atoms with van der Waals surface area (Å²) >= 11 is 0. The van der Waals surface area contributed by atoms with Crippen LogP contribution in [0.4, 0.5) is 0 Å². The van der Waals surface area contributed by atoms with Crippen LogP contribution in [-0.2, 0) is 4.79 Å². The van der Waals surface area contributed by atoms with Crippen LogP contribution in [0.2, 0.25) is 0 Å². The maximum atomic E-state index is 11.0. The van der Waals surface area contributed by atoms with E-state index in [9.17, 15) is 4.79 Å². The van der Waals surface area contributed by atoms with Crippen molar-refractivity contribution in [1.29, 1.82) is 0 Å². The topological polar surface area (TPSA) is 40.5 Å². The summed E-state index contributed by atoms with van der Waals surface area (Å²) < 4.78 is 0. The summed E-state index contributed by atoms with van der Waals surface area (Å²) in [5.74, 6) is 2.18. The van der Waals surface area contributed by atoms with Crippen molar-refractivity contribution in [3.63, 3.8) is 0 Å². The molecule has 1 atom stereocenters. The molecule has 1 rings (SSSR count). The van der Waals surface area contributed by atoms with Crippen molar-refractivity contribution in [1.82, 2.24) is 4.90 Å². The van der Waals surface area contributed by atoms with Gasteiger partial charge in [0.2, 0.25) is 0 Å². The predicted molar refractivity (Wildman–Crippen MR) is 76.7 cm³/mol. The molecule has 1 N–H and O–H groups in total. The van der Waals surface area contributed by atoms with Gasteiger partial charge in [-0.15, -0.1) is 6.42 Å². The minimum atomic E-state index is -0.847. The van der Waals surface area contributed by atoms with Crippen LogP contribution in [-0.4, -0.2) is 29.1 Å². The van der Waals surface area contributed by atoms with Crippen molar-refractivity contribution in [3.8, 4) is 12.3 Å². The summed E-state index contributed by atoms with van der Waals surface area (Å²) in [6, 6.07) is 10.00. The van der Waals surface area contributed by atoms with E-state index in [-0.39, 0.29) is 12.6 Å². The highest BCUT2D eigenvalue weighted by Crippen LogP contribution is 2.27. The Hall–Kier alpha value is -1.79. The first-order valence-corrected chi connectivity index (χ1v) is 6.48. The highest BCUT2D eigenvalue weighted by molar-refractivity contribution is 5.69. The number of benzene rings is 1. The van der Waals surface area contributed by atoms with Crippen LogP contribution in [0.25, 0.3) is 0 Å². The second-order valence-corrected chi connectivity index (χ2v) is 5.06. The Morgan fingerprint density at radius 3 is 2.47 bits per heavy atom. The fraction of sp³-hybridized carbons (Fsp3) is 0.438. The summed E-state index contributed by atoms with van der Waals surface area (Å²) in [6.45, 7) is 4.57. The van der Waals surface area contributed by atoms with Gasteiger partial charge in [0.15, 0.2) is 0 Å². The van der Waals surface area contributed by atoms with Crippen LogP contribution in [0.1, 0.15) is 31.9 Å². The van der Waals surface area contributed by atoms with Crippen molar-refractivity contribution in [2.45, 2.75) is 26.3 Å². The molecule has 0 fully saturated rings. The fourth-order valence-electron chi connectivity index (χ4n) is 2.18. The van der Waals surface area contributed by atoms with Gasteiger partial charge >= 0.3 is 5.97 Å². The van der Waals surface area contributed by atoms with E-state index in [1.165, 1.54) is 0 Å². The number of hydrogen-bond donors (Lipinski definition) is 1. The molecule has 0 amide bonds. The number of rotatable bonds is 7. The Bertz CT molecular complexity index is 434. The SMILES string of the molecule is C#CCN(CC(=O)O)C(CC(C)C)c1ccccc1. The molecule has 102 valence electrons. The van der Waals surface area contributed by atoms with Gasteiger partial charge in [0, 0.05) is 6.04 Å². The molecule has 0 bridgehead atoms. The number of terminal acetylenes is 1. The molecular formula is C16H21NO2. The van der Waals surface area contributed by atoms with Crippen molar-refractivity contribution < 1.29 is 9.90 Å². The molecule has 0 aromatic heterocycles. The highest BCUT2D eigenvalue weighted by Gasteiger charge is 2.22. The fourth-order valence-corrected chi connectivity index (χ4v) is 2.18. The van der Waals surface area contributed by atoms with E-state index >= 15 is 0 Å². The molecule has 0 radical (unpaired) electrons. The molecule has 0 heterocycles. The van der Waals surface area contributed by atoms with Crippen LogP contribution in [0, 0.1) is 18.3 Å². The number of nitrogens with zero attached hydrogens (tertiary/aromatic N) is 1. The Balaban J connectivity index is 2.99. The first-order chi connectivity index (χ1) is 9.04. The zero-order chi connectivity index (χ0) is 14.3. The monoisotopic (exact) mass is 259 g/mol.